The molecule has 8 rings (SSSR count). The molecule has 80 heavy (non-hydrogen) atoms. The van der Waals surface area contributed by atoms with Gasteiger partial charge in [0, 0.05) is 35.7 Å². The van der Waals surface area contributed by atoms with E-state index in [0.717, 1.165) is 28.1 Å². The molecular formula is C58H70N8O12S2. The molecule has 6 aromatic rings. The van der Waals surface area contributed by atoms with E-state index in [1.165, 1.54) is 28.7 Å². The van der Waals surface area contributed by atoms with Crippen LogP contribution in [0.25, 0.3) is 22.5 Å². The molecule has 22 heteroatoms. The maximum absolute atomic E-state index is 15.2. The second kappa shape index (κ2) is 26.5. The predicted octanol–water partition coefficient (Wildman–Crippen LogP) is 9.11. The Kier molecular flexibility index (Phi) is 19.3. The lowest BCUT2D eigenvalue weighted by molar-refractivity contribution is -0.137. The molecule has 426 valence electrons. The highest BCUT2D eigenvalue weighted by atomic mass is 33.1. The molecule has 2 aromatic heterocycles. The van der Waals surface area contributed by atoms with Crippen LogP contribution in [0.5, 0.6) is 34.5 Å². The molecule has 4 amide bonds. The highest BCUT2D eigenvalue weighted by Gasteiger charge is 2.39. The highest BCUT2D eigenvalue weighted by Crippen LogP contribution is 2.44. The monoisotopic (exact) mass is 1130 g/mol. The van der Waals surface area contributed by atoms with Gasteiger partial charge in [-0.1, -0.05) is 82.3 Å². The van der Waals surface area contributed by atoms with Crippen LogP contribution in [0.2, 0.25) is 0 Å². The zero-order chi connectivity index (χ0) is 57.1. The smallest absolute Gasteiger partial charge is 0.408 e. The van der Waals surface area contributed by atoms with Crippen LogP contribution in [0, 0.1) is 0 Å². The number of benzene rings is 4. The van der Waals surface area contributed by atoms with Gasteiger partial charge in [-0.25, -0.2) is 9.59 Å². The third-order valence-electron chi connectivity index (χ3n) is 13.9. The number of carboxylic acid groups (broad SMARTS) is 1. The lowest BCUT2D eigenvalue weighted by Crippen LogP contribution is -2.54. The largest absolute Gasteiger partial charge is 0.493 e. The van der Waals surface area contributed by atoms with Crippen molar-refractivity contribution in [3.63, 3.8) is 0 Å². The number of hydrogen-bond acceptors (Lipinski definition) is 15. The van der Waals surface area contributed by atoms with Crippen molar-refractivity contribution < 1.29 is 57.4 Å². The fourth-order valence-electron chi connectivity index (χ4n) is 10.1. The van der Waals surface area contributed by atoms with Crippen molar-refractivity contribution in [3.05, 3.63) is 120 Å². The van der Waals surface area contributed by atoms with Gasteiger partial charge in [0.1, 0.15) is 17.7 Å². The Morgan fingerprint density at radius 3 is 1.31 bits per heavy atom. The minimum atomic E-state index is -1.36. The summed E-state index contributed by atoms with van der Waals surface area (Å²) in [5, 5.41) is 25.5. The molecule has 0 radical (unpaired) electrons. The summed E-state index contributed by atoms with van der Waals surface area (Å²) in [4.78, 5) is 59.8. The van der Waals surface area contributed by atoms with Crippen LogP contribution in [0.15, 0.2) is 97.1 Å². The Labute approximate surface area is 474 Å². The van der Waals surface area contributed by atoms with Crippen LogP contribution in [0.1, 0.15) is 68.2 Å². The fraction of sp³-hybridized carbons (Fsp3) is 0.414. The van der Waals surface area contributed by atoms with Gasteiger partial charge < -0.3 is 58.7 Å². The maximum Gasteiger partial charge on any atom is 0.408 e. The van der Waals surface area contributed by atoms with Gasteiger partial charge in [0.25, 0.3) is 0 Å². The van der Waals surface area contributed by atoms with Gasteiger partial charge in [0.05, 0.1) is 90.6 Å². The summed E-state index contributed by atoms with van der Waals surface area (Å²) in [7, 11) is 11.8. The van der Waals surface area contributed by atoms with E-state index in [1.807, 2.05) is 106 Å². The first-order chi connectivity index (χ1) is 38.6. The van der Waals surface area contributed by atoms with Crippen molar-refractivity contribution in [1.82, 2.24) is 40.0 Å². The first-order valence-corrected chi connectivity index (χ1v) is 28.7. The van der Waals surface area contributed by atoms with Crippen LogP contribution >= 0.6 is 21.6 Å². The van der Waals surface area contributed by atoms with Crippen LogP contribution in [-0.2, 0) is 40.3 Å². The van der Waals surface area contributed by atoms with Gasteiger partial charge >= 0.3 is 12.2 Å². The predicted molar refractivity (Wildman–Crippen MR) is 306 cm³/mol. The summed E-state index contributed by atoms with van der Waals surface area (Å²) in [6.07, 6.45) is 0.199. The van der Waals surface area contributed by atoms with Gasteiger partial charge in [-0.3, -0.25) is 19.0 Å². The molecule has 3 N–H and O–H groups in total. The Morgan fingerprint density at radius 1 is 0.575 bits per heavy atom. The van der Waals surface area contributed by atoms with E-state index in [9.17, 15) is 19.5 Å². The van der Waals surface area contributed by atoms with Crippen molar-refractivity contribution in [2.24, 2.45) is 0 Å². The quantitative estimate of drug-likeness (QED) is 0.0402. The minimum Gasteiger partial charge on any atom is -0.493 e. The van der Waals surface area contributed by atoms with E-state index in [4.69, 9.17) is 43.4 Å². The maximum atomic E-state index is 15.2. The van der Waals surface area contributed by atoms with Gasteiger partial charge in [-0.05, 0) is 94.0 Å². The third-order valence-corrected chi connectivity index (χ3v) is 16.3. The second-order valence-corrected chi connectivity index (χ2v) is 22.6. The van der Waals surface area contributed by atoms with E-state index in [2.05, 4.69) is 10.6 Å². The number of nitrogens with one attached hydrogen (secondary N) is 2. The zero-order valence-electron chi connectivity index (χ0n) is 46.6. The molecule has 2 aliphatic heterocycles. The molecule has 4 aromatic carbocycles. The number of carbonyl (C=O) groups excluding carboxylic acids is 3. The summed E-state index contributed by atoms with van der Waals surface area (Å²) in [5.74, 6) is 2.08. The number of aryl methyl sites for hydroxylation is 2. The van der Waals surface area contributed by atoms with Crippen molar-refractivity contribution in [1.29, 1.82) is 0 Å². The number of fused-ring (bicyclic) bond motifs is 2. The fourth-order valence-corrected chi connectivity index (χ4v) is 12.5. The SMILES string of the molecule is COc1cc(-c2cc3n(n2)CCN(C(=O)[C@H](CSSC[C@H](NC(=O)OC(C)(C)C)C(=O)N2CCn4nc(-c5cc(OC)c(OC)c(OC)c5)cc4C2CCc2ccccc2)NC(=O)O)C3CCc2ccccc2)cc(OC)c1OC. The second-order valence-electron chi connectivity index (χ2n) is 20.1. The number of hydrogen-bond donors (Lipinski definition) is 3. The standard InChI is InChI=1S/C58H70N8O12S2/c1-58(2,3)78-57(71)60-43(55(68)64-25-27-66-47(45(64)23-21-37-18-14-11-15-19-37)33-41(62-66)39-30-50(74-6)53(77-9)51(31-39)75-7)35-80-79-34-42(59-56(69)70)54(67)63-24-26-65-46(44(63)22-20-36-16-12-10-13-17-36)32-40(61-65)38-28-48(72-4)52(76-8)49(29-38)73-5/h10-19,28-33,42-45,59H,20-27,34-35H2,1-9H3,(H,60,71)(H,69,70)/t42-,43-,44?,45?/m0/s1. The molecule has 0 saturated carbocycles. The number of carbonyl (C=O) groups is 4. The molecule has 0 bridgehead atoms. The van der Waals surface area contributed by atoms with Crippen molar-refractivity contribution >= 4 is 45.6 Å². The van der Waals surface area contributed by atoms with Crippen molar-refractivity contribution in [2.45, 2.75) is 89.3 Å². The van der Waals surface area contributed by atoms with Crippen LogP contribution < -0.4 is 39.1 Å². The zero-order valence-corrected chi connectivity index (χ0v) is 48.2. The Morgan fingerprint density at radius 2 is 0.963 bits per heavy atom. The number of alkyl carbamates (subject to hydrolysis) is 1. The highest BCUT2D eigenvalue weighted by molar-refractivity contribution is 8.76. The molecule has 2 aliphatic rings. The van der Waals surface area contributed by atoms with Crippen LogP contribution in [-0.4, -0.2) is 143 Å². The minimum absolute atomic E-state index is 0.00725. The van der Waals surface area contributed by atoms with Crippen molar-refractivity contribution in [3.8, 4) is 57.0 Å². The molecule has 0 aliphatic carbocycles. The lowest BCUT2D eigenvalue weighted by Gasteiger charge is -2.38. The summed E-state index contributed by atoms with van der Waals surface area (Å²) >= 11 is 0. The number of rotatable bonds is 23. The Bertz CT molecular complexity index is 3060. The summed E-state index contributed by atoms with van der Waals surface area (Å²) in [6.45, 7) is 6.50. The third kappa shape index (κ3) is 13.8. The summed E-state index contributed by atoms with van der Waals surface area (Å²) < 4.78 is 43.3. The molecule has 0 spiro atoms. The van der Waals surface area contributed by atoms with E-state index in [0.29, 0.717) is 90.2 Å². The topological polar surface area (TPSA) is 219 Å². The summed E-state index contributed by atoms with van der Waals surface area (Å²) in [5.41, 5.74) is 5.62. The molecule has 4 heterocycles. The Hall–Kier alpha value is -7.72. The van der Waals surface area contributed by atoms with Crippen molar-refractivity contribution in [2.75, 3.05) is 67.3 Å². The number of aromatic nitrogens is 4. The number of nitrogens with zero attached hydrogens (tertiary/aromatic N) is 6. The first kappa shape index (κ1) is 58.4. The molecule has 4 atom stereocenters. The molecule has 2 unspecified atom stereocenters. The number of amides is 4. The van der Waals surface area contributed by atoms with E-state index >= 15 is 4.79 Å². The van der Waals surface area contributed by atoms with Crippen LogP contribution in [0.4, 0.5) is 9.59 Å². The van der Waals surface area contributed by atoms with Gasteiger partial charge in [-0.15, -0.1) is 0 Å². The van der Waals surface area contributed by atoms with Gasteiger partial charge in [0.2, 0.25) is 23.3 Å². The average molecular weight is 1140 g/mol. The first-order valence-electron chi connectivity index (χ1n) is 26.2. The Balaban J connectivity index is 1.04. The summed E-state index contributed by atoms with van der Waals surface area (Å²) in [6, 6.07) is 28.0. The molecule has 20 nitrogen and oxygen atoms in total. The van der Waals surface area contributed by atoms with Crippen LogP contribution in [0.3, 0.4) is 0 Å². The molecule has 0 saturated heterocycles. The van der Waals surface area contributed by atoms with Gasteiger partial charge in [-0.2, -0.15) is 10.2 Å². The van der Waals surface area contributed by atoms with E-state index in [-0.39, 0.29) is 30.5 Å². The average Bonchev–Trinajstić information content (AvgIpc) is 4.11. The van der Waals surface area contributed by atoms with E-state index < -0.39 is 47.9 Å². The van der Waals surface area contributed by atoms with Gasteiger partial charge in [0.15, 0.2) is 23.0 Å². The number of methoxy groups -OCH3 is 6. The number of ether oxygens (including phenoxy) is 7. The molecule has 0 fully saturated rings. The normalized spacial score (nSPS) is 15.6. The lowest BCUT2D eigenvalue weighted by atomic mass is 9.98. The molecular weight excluding hydrogens is 1060 g/mol. The van der Waals surface area contributed by atoms with E-state index in [1.54, 1.807) is 66.1 Å².